The van der Waals surface area contributed by atoms with Gasteiger partial charge in [0.25, 0.3) is 5.91 Å². The molecule has 0 spiro atoms. The van der Waals surface area contributed by atoms with Gasteiger partial charge in [-0.1, -0.05) is 11.6 Å². The number of carbonyl (C=O) groups is 1. The maximum absolute atomic E-state index is 12.3. The maximum Gasteiger partial charge on any atom is 0.257 e. The first-order valence-corrected chi connectivity index (χ1v) is 5.90. The third kappa shape index (κ3) is 1.84. The molecule has 3 rings (SSSR count). The highest BCUT2D eigenvalue weighted by atomic mass is 35.5. The molecule has 6 nitrogen and oxygen atoms in total. The van der Waals surface area contributed by atoms with Gasteiger partial charge >= 0.3 is 0 Å². The molecular weight excluding hydrogens is 254 g/mol. The SMILES string of the molecule is O=C(c1cccnc1Cl)N1CCn2cnnc2C1. The summed E-state index contributed by atoms with van der Waals surface area (Å²) in [4.78, 5) is 17.9. The third-order valence-electron chi connectivity index (χ3n) is 2.92. The molecule has 92 valence electrons. The first-order valence-electron chi connectivity index (χ1n) is 5.52. The number of nitrogens with zero attached hydrogens (tertiary/aromatic N) is 5. The Morgan fingerprint density at radius 3 is 3.11 bits per heavy atom. The lowest BCUT2D eigenvalue weighted by atomic mass is 10.2. The second kappa shape index (κ2) is 4.38. The third-order valence-corrected chi connectivity index (χ3v) is 3.22. The summed E-state index contributed by atoms with van der Waals surface area (Å²) in [5, 5.41) is 8.03. The molecule has 18 heavy (non-hydrogen) atoms. The second-order valence-corrected chi connectivity index (χ2v) is 4.37. The van der Waals surface area contributed by atoms with E-state index in [2.05, 4.69) is 15.2 Å². The molecule has 7 heteroatoms. The van der Waals surface area contributed by atoms with E-state index in [0.29, 0.717) is 25.2 Å². The number of carbonyl (C=O) groups excluding carboxylic acids is 1. The van der Waals surface area contributed by atoms with Crippen molar-refractivity contribution < 1.29 is 4.79 Å². The summed E-state index contributed by atoms with van der Waals surface area (Å²) < 4.78 is 1.94. The van der Waals surface area contributed by atoms with Gasteiger partial charge in [0.2, 0.25) is 0 Å². The standard InChI is InChI=1S/C11H10ClN5O/c12-10-8(2-1-3-13-10)11(18)16-4-5-17-7-14-15-9(17)6-16/h1-3,7H,4-6H2. The van der Waals surface area contributed by atoms with Crippen LogP contribution in [0.2, 0.25) is 5.15 Å². The molecule has 0 unspecified atom stereocenters. The van der Waals surface area contributed by atoms with Gasteiger partial charge in [0.05, 0.1) is 12.1 Å². The predicted octanol–water partition coefficient (Wildman–Crippen LogP) is 0.982. The van der Waals surface area contributed by atoms with E-state index >= 15 is 0 Å². The van der Waals surface area contributed by atoms with E-state index in [4.69, 9.17) is 11.6 Å². The Morgan fingerprint density at radius 1 is 1.39 bits per heavy atom. The average molecular weight is 264 g/mol. The smallest absolute Gasteiger partial charge is 0.257 e. The summed E-state index contributed by atoms with van der Waals surface area (Å²) >= 11 is 5.93. The van der Waals surface area contributed by atoms with Gasteiger partial charge in [-0.25, -0.2) is 4.98 Å². The van der Waals surface area contributed by atoms with Crippen molar-refractivity contribution in [1.29, 1.82) is 0 Å². The summed E-state index contributed by atoms with van der Waals surface area (Å²) in [5.74, 6) is 0.664. The largest absolute Gasteiger partial charge is 0.329 e. The van der Waals surface area contributed by atoms with Crippen molar-refractivity contribution in [3.05, 3.63) is 41.2 Å². The van der Waals surface area contributed by atoms with E-state index in [1.54, 1.807) is 29.6 Å². The highest BCUT2D eigenvalue weighted by Gasteiger charge is 2.24. The topological polar surface area (TPSA) is 63.9 Å². The molecule has 0 aliphatic carbocycles. The fourth-order valence-electron chi connectivity index (χ4n) is 1.96. The van der Waals surface area contributed by atoms with Gasteiger partial charge in [-0.2, -0.15) is 0 Å². The first-order chi connectivity index (χ1) is 8.75. The van der Waals surface area contributed by atoms with E-state index in [1.807, 2.05) is 4.57 Å². The molecule has 1 aliphatic rings. The van der Waals surface area contributed by atoms with Crippen LogP contribution in [0, 0.1) is 0 Å². The molecule has 1 aliphatic heterocycles. The van der Waals surface area contributed by atoms with Crippen molar-refractivity contribution in [3.63, 3.8) is 0 Å². The normalized spacial score (nSPS) is 14.4. The van der Waals surface area contributed by atoms with Gasteiger partial charge in [-0.05, 0) is 12.1 Å². The summed E-state index contributed by atoms with van der Waals surface area (Å²) in [5.41, 5.74) is 0.423. The molecule has 0 atom stereocenters. The second-order valence-electron chi connectivity index (χ2n) is 4.01. The van der Waals surface area contributed by atoms with Crippen LogP contribution in [0.25, 0.3) is 0 Å². The van der Waals surface area contributed by atoms with Crippen LogP contribution >= 0.6 is 11.6 Å². The molecule has 0 N–H and O–H groups in total. The minimum Gasteiger partial charge on any atom is -0.329 e. The van der Waals surface area contributed by atoms with Gasteiger partial charge in [0, 0.05) is 19.3 Å². The van der Waals surface area contributed by atoms with Crippen LogP contribution in [0.1, 0.15) is 16.2 Å². The highest BCUT2D eigenvalue weighted by Crippen LogP contribution is 2.17. The van der Waals surface area contributed by atoms with Gasteiger partial charge in [-0.15, -0.1) is 10.2 Å². The van der Waals surface area contributed by atoms with Crippen LogP contribution in [0.15, 0.2) is 24.7 Å². The molecule has 0 saturated carbocycles. The summed E-state index contributed by atoms with van der Waals surface area (Å²) in [6.07, 6.45) is 3.24. The molecule has 1 amide bonds. The fourth-order valence-corrected chi connectivity index (χ4v) is 2.16. The van der Waals surface area contributed by atoms with E-state index in [-0.39, 0.29) is 11.1 Å². The summed E-state index contributed by atoms with van der Waals surface area (Å²) in [7, 11) is 0. The van der Waals surface area contributed by atoms with Gasteiger partial charge in [0.1, 0.15) is 11.5 Å². The maximum atomic E-state index is 12.3. The lowest BCUT2D eigenvalue weighted by molar-refractivity contribution is 0.0707. The number of aromatic nitrogens is 4. The molecule has 0 aromatic carbocycles. The zero-order valence-electron chi connectivity index (χ0n) is 9.45. The first kappa shape index (κ1) is 11.2. The van der Waals surface area contributed by atoms with E-state index < -0.39 is 0 Å². The Labute approximate surface area is 108 Å². The van der Waals surface area contributed by atoms with Crippen LogP contribution in [-0.4, -0.2) is 37.1 Å². The molecular formula is C11H10ClN5O. The Kier molecular flexibility index (Phi) is 2.71. The van der Waals surface area contributed by atoms with E-state index in [0.717, 1.165) is 5.82 Å². The quantitative estimate of drug-likeness (QED) is 0.720. The Hall–Kier alpha value is -1.95. The van der Waals surface area contributed by atoms with E-state index in [9.17, 15) is 4.79 Å². The predicted molar refractivity (Wildman–Crippen MR) is 64.0 cm³/mol. The van der Waals surface area contributed by atoms with Crippen molar-refractivity contribution in [2.24, 2.45) is 0 Å². The fraction of sp³-hybridized carbons (Fsp3) is 0.273. The lowest BCUT2D eigenvalue weighted by Gasteiger charge is -2.27. The zero-order chi connectivity index (χ0) is 12.5. The van der Waals surface area contributed by atoms with Crippen LogP contribution in [0.5, 0.6) is 0 Å². The Balaban J connectivity index is 1.85. The number of hydrogen-bond acceptors (Lipinski definition) is 4. The summed E-state index contributed by atoms with van der Waals surface area (Å²) in [6.45, 7) is 1.77. The highest BCUT2D eigenvalue weighted by molar-refractivity contribution is 6.32. The molecule has 2 aromatic rings. The molecule has 0 fully saturated rings. The zero-order valence-corrected chi connectivity index (χ0v) is 10.2. The molecule has 0 radical (unpaired) electrons. The monoisotopic (exact) mass is 263 g/mol. The minimum absolute atomic E-state index is 0.123. The van der Waals surface area contributed by atoms with Crippen LogP contribution in [-0.2, 0) is 13.1 Å². The number of hydrogen-bond donors (Lipinski definition) is 0. The number of halogens is 1. The van der Waals surface area contributed by atoms with Gasteiger partial charge in [-0.3, -0.25) is 4.79 Å². The van der Waals surface area contributed by atoms with Crippen molar-refractivity contribution in [1.82, 2.24) is 24.6 Å². The van der Waals surface area contributed by atoms with E-state index in [1.165, 1.54) is 0 Å². The Bertz CT molecular complexity index is 597. The van der Waals surface area contributed by atoms with Crippen LogP contribution in [0.4, 0.5) is 0 Å². The lowest BCUT2D eigenvalue weighted by Crippen LogP contribution is -2.38. The molecule has 0 bridgehead atoms. The van der Waals surface area contributed by atoms with Gasteiger partial charge in [0.15, 0.2) is 5.82 Å². The van der Waals surface area contributed by atoms with Crippen LogP contribution < -0.4 is 0 Å². The van der Waals surface area contributed by atoms with Crippen molar-refractivity contribution in [2.75, 3.05) is 6.54 Å². The van der Waals surface area contributed by atoms with Crippen molar-refractivity contribution in [3.8, 4) is 0 Å². The molecule has 3 heterocycles. The molecule has 0 saturated heterocycles. The Morgan fingerprint density at radius 2 is 2.28 bits per heavy atom. The average Bonchev–Trinajstić information content (AvgIpc) is 2.85. The molecule has 2 aromatic heterocycles. The summed E-state index contributed by atoms with van der Waals surface area (Å²) in [6, 6.07) is 3.38. The number of amides is 1. The number of fused-ring (bicyclic) bond motifs is 1. The number of pyridine rings is 1. The minimum atomic E-state index is -0.123. The van der Waals surface area contributed by atoms with Crippen molar-refractivity contribution >= 4 is 17.5 Å². The number of rotatable bonds is 1. The van der Waals surface area contributed by atoms with Gasteiger partial charge < -0.3 is 9.47 Å². The van der Waals surface area contributed by atoms with Crippen LogP contribution in [0.3, 0.4) is 0 Å². The van der Waals surface area contributed by atoms with Crippen molar-refractivity contribution in [2.45, 2.75) is 13.1 Å².